The molecule has 0 heterocycles. The largest absolute Gasteiger partial charge is 0.496 e. The highest BCUT2D eigenvalue weighted by Gasteiger charge is 2.55. The van der Waals surface area contributed by atoms with Gasteiger partial charge in [-0.05, 0) is 54.7 Å². The number of rotatable bonds is 7. The third-order valence-corrected chi connectivity index (χ3v) is 5.42. The second-order valence-corrected chi connectivity index (χ2v) is 7.74. The number of hydrogen-bond donors (Lipinski definition) is 1. The molecule has 0 bridgehead atoms. The van der Waals surface area contributed by atoms with E-state index >= 15 is 0 Å². The molecule has 0 aliphatic rings. The SMILES string of the molecule is CCC(CC(O)(Cc1cc(C(F)(F)F)cc(Cl)c1F)C(F)(F)F)c1cc(F)ccc1OC. The van der Waals surface area contributed by atoms with Crippen molar-refractivity contribution in [2.45, 2.75) is 50.1 Å². The molecule has 0 saturated heterocycles. The molecule has 2 unspecified atom stereocenters. The van der Waals surface area contributed by atoms with Crippen molar-refractivity contribution in [3.8, 4) is 5.75 Å². The number of methoxy groups -OCH3 is 1. The minimum atomic E-state index is -5.35. The second kappa shape index (κ2) is 9.43. The normalized spacial score (nSPS) is 15.4. The van der Waals surface area contributed by atoms with Crippen LogP contribution in [0.5, 0.6) is 5.75 Å². The van der Waals surface area contributed by atoms with Gasteiger partial charge in [0.25, 0.3) is 0 Å². The van der Waals surface area contributed by atoms with Crippen molar-refractivity contribution in [1.82, 2.24) is 0 Å². The summed E-state index contributed by atoms with van der Waals surface area (Å²) in [5, 5.41) is 9.53. The van der Waals surface area contributed by atoms with Gasteiger partial charge in [-0.15, -0.1) is 0 Å². The van der Waals surface area contributed by atoms with Crippen molar-refractivity contribution in [3.05, 3.63) is 63.7 Å². The van der Waals surface area contributed by atoms with Crippen LogP contribution >= 0.6 is 11.6 Å². The minimum absolute atomic E-state index is 0.00989. The first kappa shape index (κ1) is 26.2. The van der Waals surface area contributed by atoms with Gasteiger partial charge >= 0.3 is 12.4 Å². The quantitative estimate of drug-likeness (QED) is 0.421. The molecular weight excluding hydrogens is 472 g/mol. The van der Waals surface area contributed by atoms with Gasteiger partial charge in [-0.2, -0.15) is 26.3 Å². The summed E-state index contributed by atoms with van der Waals surface area (Å²) in [6, 6.07) is 3.61. The van der Waals surface area contributed by atoms with Crippen LogP contribution < -0.4 is 4.74 Å². The molecule has 2 nitrogen and oxygen atoms in total. The van der Waals surface area contributed by atoms with Crippen LogP contribution in [0.15, 0.2) is 30.3 Å². The van der Waals surface area contributed by atoms with Crippen molar-refractivity contribution in [1.29, 1.82) is 0 Å². The van der Waals surface area contributed by atoms with Crippen LogP contribution in [0.25, 0.3) is 0 Å². The summed E-state index contributed by atoms with van der Waals surface area (Å²) in [5.74, 6) is -3.31. The molecule has 2 atom stereocenters. The second-order valence-electron chi connectivity index (χ2n) is 7.33. The third-order valence-electron chi connectivity index (χ3n) is 5.15. The Morgan fingerprint density at radius 1 is 1.03 bits per heavy atom. The van der Waals surface area contributed by atoms with E-state index in [2.05, 4.69) is 0 Å². The van der Waals surface area contributed by atoms with Crippen LogP contribution in [0.2, 0.25) is 5.02 Å². The smallest absolute Gasteiger partial charge is 0.417 e. The topological polar surface area (TPSA) is 29.5 Å². The van der Waals surface area contributed by atoms with Crippen molar-refractivity contribution in [2.24, 2.45) is 0 Å². The predicted octanol–water partition coefficient (Wildman–Crippen LogP) is 7.07. The average molecular weight is 491 g/mol. The van der Waals surface area contributed by atoms with Crippen LogP contribution in [0.4, 0.5) is 35.1 Å². The highest BCUT2D eigenvalue weighted by Crippen LogP contribution is 2.44. The van der Waals surface area contributed by atoms with Gasteiger partial charge < -0.3 is 9.84 Å². The lowest BCUT2D eigenvalue weighted by atomic mass is 9.80. The van der Waals surface area contributed by atoms with E-state index in [1.165, 1.54) is 20.1 Å². The maximum absolute atomic E-state index is 14.4. The predicted molar refractivity (Wildman–Crippen MR) is 102 cm³/mol. The monoisotopic (exact) mass is 490 g/mol. The van der Waals surface area contributed by atoms with E-state index in [1.54, 1.807) is 0 Å². The summed E-state index contributed by atoms with van der Waals surface area (Å²) >= 11 is 5.46. The fraction of sp³-hybridized carbons (Fsp3) is 0.429. The van der Waals surface area contributed by atoms with E-state index in [0.717, 1.165) is 12.1 Å². The highest BCUT2D eigenvalue weighted by atomic mass is 35.5. The van der Waals surface area contributed by atoms with E-state index in [-0.39, 0.29) is 29.9 Å². The molecule has 0 fully saturated rings. The number of alkyl halides is 6. The third kappa shape index (κ3) is 5.64. The Hall–Kier alpha value is -2.07. The van der Waals surface area contributed by atoms with Crippen molar-refractivity contribution in [3.63, 3.8) is 0 Å². The first-order valence-corrected chi connectivity index (χ1v) is 9.68. The van der Waals surface area contributed by atoms with Gasteiger partial charge in [-0.25, -0.2) is 8.78 Å². The molecule has 0 saturated carbocycles. The van der Waals surface area contributed by atoms with Crippen molar-refractivity contribution in [2.75, 3.05) is 7.11 Å². The fourth-order valence-electron chi connectivity index (χ4n) is 3.45. The molecule has 2 aromatic rings. The van der Waals surface area contributed by atoms with E-state index < -0.39 is 64.5 Å². The molecular formula is C21H19ClF8O2. The number of benzene rings is 2. The Labute approximate surface area is 183 Å². The van der Waals surface area contributed by atoms with Crippen molar-refractivity contribution < 1.29 is 45.0 Å². The van der Waals surface area contributed by atoms with Gasteiger partial charge in [0.1, 0.15) is 17.4 Å². The molecule has 0 aliphatic carbocycles. The molecule has 1 N–H and O–H groups in total. The van der Waals surface area contributed by atoms with Crippen LogP contribution in [0, 0.1) is 11.6 Å². The molecule has 0 aromatic heterocycles. The van der Waals surface area contributed by atoms with Gasteiger partial charge in [0, 0.05) is 12.0 Å². The average Bonchev–Trinajstić information content (AvgIpc) is 2.67. The summed E-state index contributed by atoms with van der Waals surface area (Å²) in [7, 11) is 1.22. The molecule has 11 heteroatoms. The standard InChI is InChI=1S/C21H19ClF8O2/c1-3-11(15-8-14(23)4-5-17(15)32-2)9-19(31,21(28,29)30)10-12-6-13(20(25,26)27)7-16(22)18(12)24/h4-8,11,31H,3,9-10H2,1-2H3. The van der Waals surface area contributed by atoms with E-state index in [4.69, 9.17) is 16.3 Å². The summed E-state index contributed by atoms with van der Waals surface area (Å²) in [6.07, 6.45) is -13.0. The molecule has 2 aromatic carbocycles. The molecule has 0 aliphatic heterocycles. The molecule has 32 heavy (non-hydrogen) atoms. The Balaban J connectivity index is 2.55. The van der Waals surface area contributed by atoms with E-state index in [0.29, 0.717) is 0 Å². The van der Waals surface area contributed by atoms with Gasteiger partial charge in [-0.3, -0.25) is 0 Å². The number of hydrogen-bond acceptors (Lipinski definition) is 2. The summed E-state index contributed by atoms with van der Waals surface area (Å²) in [4.78, 5) is 0. The number of halogens is 9. The zero-order chi connectivity index (χ0) is 24.5. The Morgan fingerprint density at radius 3 is 2.16 bits per heavy atom. The number of ether oxygens (including phenoxy) is 1. The molecule has 0 radical (unpaired) electrons. The van der Waals surface area contributed by atoms with Gasteiger partial charge in [-0.1, -0.05) is 18.5 Å². The van der Waals surface area contributed by atoms with Crippen molar-refractivity contribution >= 4 is 11.6 Å². The highest BCUT2D eigenvalue weighted by molar-refractivity contribution is 6.30. The van der Waals surface area contributed by atoms with Gasteiger partial charge in [0.05, 0.1) is 17.7 Å². The van der Waals surface area contributed by atoms with E-state index in [1.807, 2.05) is 0 Å². The molecule has 2 rings (SSSR count). The number of aliphatic hydroxyl groups is 1. The summed E-state index contributed by atoms with van der Waals surface area (Å²) in [6.45, 7) is 1.48. The minimum Gasteiger partial charge on any atom is -0.496 e. The van der Waals surface area contributed by atoms with E-state index in [9.17, 15) is 40.2 Å². The molecule has 178 valence electrons. The van der Waals surface area contributed by atoms with Crippen LogP contribution in [0.3, 0.4) is 0 Å². The maximum atomic E-state index is 14.4. The van der Waals surface area contributed by atoms with Crippen LogP contribution in [-0.4, -0.2) is 24.0 Å². The Bertz CT molecular complexity index is 958. The fourth-order valence-corrected chi connectivity index (χ4v) is 3.69. The first-order chi connectivity index (χ1) is 14.6. The Kier molecular flexibility index (Phi) is 7.71. The maximum Gasteiger partial charge on any atom is 0.417 e. The Morgan fingerprint density at radius 2 is 1.66 bits per heavy atom. The molecule has 0 spiro atoms. The summed E-state index contributed by atoms with van der Waals surface area (Å²) < 4.78 is 114. The lowest BCUT2D eigenvalue weighted by Gasteiger charge is -2.34. The van der Waals surface area contributed by atoms with Gasteiger partial charge in [0.15, 0.2) is 5.60 Å². The zero-order valence-electron chi connectivity index (χ0n) is 16.8. The van der Waals surface area contributed by atoms with Crippen LogP contribution in [-0.2, 0) is 12.6 Å². The lowest BCUT2D eigenvalue weighted by molar-refractivity contribution is -0.264. The lowest BCUT2D eigenvalue weighted by Crippen LogP contribution is -2.48. The van der Waals surface area contributed by atoms with Gasteiger partial charge in [0.2, 0.25) is 0 Å². The summed E-state index contributed by atoms with van der Waals surface area (Å²) in [5.41, 5.74) is -6.12. The molecule has 0 amide bonds. The van der Waals surface area contributed by atoms with Crippen LogP contribution in [0.1, 0.15) is 42.4 Å². The zero-order valence-corrected chi connectivity index (χ0v) is 17.6. The first-order valence-electron chi connectivity index (χ1n) is 9.30.